The van der Waals surface area contributed by atoms with E-state index in [2.05, 4.69) is 4.99 Å². The molecule has 2 aromatic carbocycles. The molecule has 0 saturated heterocycles. The third kappa shape index (κ3) is 4.20. The summed E-state index contributed by atoms with van der Waals surface area (Å²) in [7, 11) is 0. The molecule has 0 atom stereocenters. The number of nitrogens with two attached hydrogens (primary N) is 2. The van der Waals surface area contributed by atoms with Crippen LogP contribution in [-0.2, 0) is 4.79 Å². The number of carbonyl (C=O) groups is 1. The second-order valence-electron chi connectivity index (χ2n) is 5.29. The summed E-state index contributed by atoms with van der Waals surface area (Å²) in [5, 5.41) is 9.47. The number of hydrogen-bond donors (Lipinski definition) is 3. The van der Waals surface area contributed by atoms with Crippen LogP contribution in [-0.4, -0.2) is 17.0 Å². The minimum atomic E-state index is -0.455. The molecule has 5 nitrogen and oxygen atoms in total. The maximum Gasteiger partial charge on any atom is 0.275 e. The number of carbonyl (C=O) groups excluding carboxylic acids is 1. The third-order valence-electron chi connectivity index (χ3n) is 3.38. The van der Waals surface area contributed by atoms with Gasteiger partial charge in [0, 0.05) is 5.57 Å². The Morgan fingerprint density at radius 2 is 1.78 bits per heavy atom. The third-order valence-corrected chi connectivity index (χ3v) is 3.38. The Balaban J connectivity index is 2.26. The fourth-order valence-corrected chi connectivity index (χ4v) is 2.25. The normalized spacial score (nSPS) is 11.1. The van der Waals surface area contributed by atoms with Crippen LogP contribution in [0, 0.1) is 6.92 Å². The molecule has 2 rings (SSSR count). The number of aromatic hydroxyl groups is 1. The number of benzene rings is 2. The van der Waals surface area contributed by atoms with Gasteiger partial charge < -0.3 is 16.6 Å². The van der Waals surface area contributed by atoms with Crippen molar-refractivity contribution in [3.05, 3.63) is 59.2 Å². The molecule has 0 saturated carbocycles. The van der Waals surface area contributed by atoms with E-state index in [1.807, 2.05) is 37.3 Å². The topological polar surface area (TPSA) is 102 Å². The van der Waals surface area contributed by atoms with Gasteiger partial charge in [-0.1, -0.05) is 30.3 Å². The summed E-state index contributed by atoms with van der Waals surface area (Å²) < 4.78 is 0. The molecule has 0 fully saturated rings. The largest absolute Gasteiger partial charge is 0.508 e. The number of amides is 1. The van der Waals surface area contributed by atoms with Gasteiger partial charge in [0.25, 0.3) is 5.91 Å². The highest BCUT2D eigenvalue weighted by molar-refractivity contribution is 6.03. The molecule has 23 heavy (non-hydrogen) atoms. The number of phenols is 1. The minimum absolute atomic E-state index is 0.249. The fraction of sp³-hybridized carbons (Fsp3) is 0.111. The van der Waals surface area contributed by atoms with Gasteiger partial charge in [-0.05, 0) is 54.3 Å². The summed E-state index contributed by atoms with van der Waals surface area (Å²) in [5.74, 6) is -0.455. The standard InChI is InChI=1S/C18H19N3O2/c1-11-10-15(22)7-8-16(11)14-5-3-13(4-6-14)9-12(2)17(23)21-18(19)20/h3-10,22H,1-2H3,(H4,19,20,21,23). The van der Waals surface area contributed by atoms with Crippen molar-refractivity contribution in [3.8, 4) is 16.9 Å². The lowest BCUT2D eigenvalue weighted by Crippen LogP contribution is -2.24. The van der Waals surface area contributed by atoms with Gasteiger partial charge in [-0.2, -0.15) is 4.99 Å². The average molecular weight is 309 g/mol. The number of phenolic OH excluding ortho intramolecular Hbond substituents is 1. The van der Waals surface area contributed by atoms with E-state index in [0.29, 0.717) is 5.57 Å². The average Bonchev–Trinajstić information content (AvgIpc) is 2.47. The molecule has 5 N–H and O–H groups in total. The highest BCUT2D eigenvalue weighted by atomic mass is 16.3. The van der Waals surface area contributed by atoms with Crippen LogP contribution in [0.5, 0.6) is 5.75 Å². The number of aryl methyl sites for hydroxylation is 1. The highest BCUT2D eigenvalue weighted by Crippen LogP contribution is 2.26. The molecule has 0 aliphatic rings. The van der Waals surface area contributed by atoms with E-state index in [4.69, 9.17) is 11.5 Å². The smallest absolute Gasteiger partial charge is 0.275 e. The minimum Gasteiger partial charge on any atom is -0.508 e. The lowest BCUT2D eigenvalue weighted by molar-refractivity contribution is -0.114. The summed E-state index contributed by atoms with van der Waals surface area (Å²) in [6, 6.07) is 13.0. The van der Waals surface area contributed by atoms with Gasteiger partial charge in [-0.3, -0.25) is 4.79 Å². The summed E-state index contributed by atoms with van der Waals surface area (Å²) in [5.41, 5.74) is 14.8. The molecular weight excluding hydrogens is 290 g/mol. The first kappa shape index (κ1) is 16.3. The van der Waals surface area contributed by atoms with Crippen molar-refractivity contribution in [2.45, 2.75) is 13.8 Å². The number of guanidine groups is 1. The van der Waals surface area contributed by atoms with Gasteiger partial charge in [0.15, 0.2) is 5.96 Å². The van der Waals surface area contributed by atoms with Crippen molar-refractivity contribution in [2.24, 2.45) is 16.5 Å². The van der Waals surface area contributed by atoms with E-state index in [9.17, 15) is 9.90 Å². The number of hydrogen-bond acceptors (Lipinski definition) is 2. The molecule has 1 amide bonds. The predicted octanol–water partition coefficient (Wildman–Crippen LogP) is 2.57. The van der Waals surface area contributed by atoms with Gasteiger partial charge >= 0.3 is 0 Å². The first-order valence-corrected chi connectivity index (χ1v) is 7.09. The molecule has 5 heteroatoms. The second kappa shape index (κ2) is 6.79. The summed E-state index contributed by atoms with van der Waals surface area (Å²) in [6.45, 7) is 3.60. The van der Waals surface area contributed by atoms with Gasteiger partial charge in [-0.15, -0.1) is 0 Å². The quantitative estimate of drug-likeness (QED) is 0.460. The van der Waals surface area contributed by atoms with Crippen LogP contribution in [0.1, 0.15) is 18.1 Å². The lowest BCUT2D eigenvalue weighted by Gasteiger charge is -2.07. The van der Waals surface area contributed by atoms with Crippen molar-refractivity contribution in [3.63, 3.8) is 0 Å². The second-order valence-corrected chi connectivity index (χ2v) is 5.29. The maximum absolute atomic E-state index is 11.7. The lowest BCUT2D eigenvalue weighted by atomic mass is 9.99. The zero-order valence-corrected chi connectivity index (χ0v) is 13.1. The van der Waals surface area contributed by atoms with Crippen molar-refractivity contribution in [1.82, 2.24) is 0 Å². The molecule has 0 heterocycles. The van der Waals surface area contributed by atoms with Crippen molar-refractivity contribution in [2.75, 3.05) is 0 Å². The van der Waals surface area contributed by atoms with E-state index in [1.165, 1.54) is 0 Å². The van der Waals surface area contributed by atoms with E-state index in [-0.39, 0.29) is 11.7 Å². The molecule has 0 radical (unpaired) electrons. The Bertz CT molecular complexity index is 786. The van der Waals surface area contributed by atoms with Crippen LogP contribution < -0.4 is 11.5 Å². The van der Waals surface area contributed by atoms with Gasteiger partial charge in [0.05, 0.1) is 0 Å². The molecule has 0 unspecified atom stereocenters. The first-order chi connectivity index (χ1) is 10.9. The van der Waals surface area contributed by atoms with Crippen LogP contribution in [0.25, 0.3) is 17.2 Å². The van der Waals surface area contributed by atoms with Crippen LogP contribution in [0.4, 0.5) is 0 Å². The van der Waals surface area contributed by atoms with Crippen LogP contribution >= 0.6 is 0 Å². The van der Waals surface area contributed by atoms with E-state index in [1.54, 1.807) is 25.1 Å². The summed E-state index contributed by atoms with van der Waals surface area (Å²) in [4.78, 5) is 15.2. The molecule has 0 bridgehead atoms. The van der Waals surface area contributed by atoms with Crippen molar-refractivity contribution >= 4 is 17.9 Å². The van der Waals surface area contributed by atoms with Crippen molar-refractivity contribution < 1.29 is 9.90 Å². The zero-order chi connectivity index (χ0) is 17.0. The summed E-state index contributed by atoms with van der Waals surface area (Å²) >= 11 is 0. The van der Waals surface area contributed by atoms with Gasteiger partial charge in [-0.25, -0.2) is 0 Å². The molecular formula is C18H19N3O2. The fourth-order valence-electron chi connectivity index (χ4n) is 2.25. The highest BCUT2D eigenvalue weighted by Gasteiger charge is 2.05. The van der Waals surface area contributed by atoms with E-state index in [0.717, 1.165) is 22.3 Å². The number of nitrogens with zero attached hydrogens (tertiary/aromatic N) is 1. The number of aliphatic imine (C=N–C) groups is 1. The Labute approximate surface area is 135 Å². The van der Waals surface area contributed by atoms with Crippen LogP contribution in [0.3, 0.4) is 0 Å². The first-order valence-electron chi connectivity index (χ1n) is 7.09. The SMILES string of the molecule is CC(=Cc1ccc(-c2ccc(O)cc2C)cc1)C(=O)N=C(N)N. The van der Waals surface area contributed by atoms with Crippen molar-refractivity contribution in [1.29, 1.82) is 0 Å². The molecule has 2 aromatic rings. The van der Waals surface area contributed by atoms with E-state index >= 15 is 0 Å². The molecule has 0 aliphatic heterocycles. The predicted molar refractivity (Wildman–Crippen MR) is 92.7 cm³/mol. The molecule has 0 aliphatic carbocycles. The monoisotopic (exact) mass is 309 g/mol. The van der Waals surface area contributed by atoms with Crippen LogP contribution in [0.15, 0.2) is 53.0 Å². The Morgan fingerprint density at radius 3 is 2.35 bits per heavy atom. The van der Waals surface area contributed by atoms with Gasteiger partial charge in [0.1, 0.15) is 5.75 Å². The Morgan fingerprint density at radius 1 is 1.13 bits per heavy atom. The zero-order valence-electron chi connectivity index (χ0n) is 13.1. The van der Waals surface area contributed by atoms with E-state index < -0.39 is 5.91 Å². The Kier molecular flexibility index (Phi) is 4.81. The molecule has 118 valence electrons. The van der Waals surface area contributed by atoms with Crippen LogP contribution in [0.2, 0.25) is 0 Å². The molecule has 0 spiro atoms. The van der Waals surface area contributed by atoms with Gasteiger partial charge in [0.2, 0.25) is 0 Å². The molecule has 0 aromatic heterocycles. The Hall–Kier alpha value is -3.08. The summed E-state index contributed by atoms with van der Waals surface area (Å²) in [6.07, 6.45) is 1.72. The maximum atomic E-state index is 11.7. The number of rotatable bonds is 3.